The van der Waals surface area contributed by atoms with Crippen molar-refractivity contribution in [2.24, 2.45) is 16.6 Å². The highest BCUT2D eigenvalue weighted by molar-refractivity contribution is 6.35. The predicted octanol–water partition coefficient (Wildman–Crippen LogP) is 4.75. The summed E-state index contributed by atoms with van der Waals surface area (Å²) in [5, 5.41) is 7.14. The van der Waals surface area contributed by atoms with Crippen LogP contribution < -0.4 is 16.4 Å². The van der Waals surface area contributed by atoms with E-state index in [0.29, 0.717) is 22.5 Å². The molecule has 2 rings (SSSR count). The number of hydrogen-bond donors (Lipinski definition) is 3. The number of guanidine groups is 1. The van der Waals surface area contributed by atoms with E-state index in [4.69, 9.17) is 28.9 Å². The van der Waals surface area contributed by atoms with E-state index < -0.39 is 0 Å². The standard InChI is InChI=1S/C20H24Cl2N4O/c1-12(2)19(27)26-16-7-4-14(5-8-16)11-24-20(23)25-13(3)17-9-6-15(21)10-18(17)22/h4-10,12-13H,11H2,1-3H3,(H,26,27)(H3,23,24,25). The van der Waals surface area contributed by atoms with E-state index in [2.05, 4.69) is 15.6 Å². The van der Waals surface area contributed by atoms with Crippen LogP contribution in [0.1, 0.15) is 37.9 Å². The molecule has 0 aromatic heterocycles. The van der Waals surface area contributed by atoms with Crippen LogP contribution >= 0.6 is 23.2 Å². The predicted molar refractivity (Wildman–Crippen MR) is 113 cm³/mol. The molecule has 4 N–H and O–H groups in total. The molecule has 7 heteroatoms. The van der Waals surface area contributed by atoms with Gasteiger partial charge in [0.25, 0.3) is 0 Å². The summed E-state index contributed by atoms with van der Waals surface area (Å²) in [7, 11) is 0. The molecule has 2 aromatic rings. The number of aliphatic imine (C=N–C) groups is 1. The van der Waals surface area contributed by atoms with Gasteiger partial charge in [0.1, 0.15) is 0 Å². The molecule has 27 heavy (non-hydrogen) atoms. The maximum atomic E-state index is 11.7. The number of benzene rings is 2. The van der Waals surface area contributed by atoms with Crippen molar-refractivity contribution >= 4 is 40.8 Å². The van der Waals surface area contributed by atoms with Crippen molar-refractivity contribution in [1.29, 1.82) is 0 Å². The second kappa shape index (κ2) is 9.62. The lowest BCUT2D eigenvalue weighted by Crippen LogP contribution is -2.34. The summed E-state index contributed by atoms with van der Waals surface area (Å²) in [6.07, 6.45) is 0. The summed E-state index contributed by atoms with van der Waals surface area (Å²) in [6, 6.07) is 12.8. The lowest BCUT2D eigenvalue weighted by molar-refractivity contribution is -0.118. The minimum absolute atomic E-state index is 0.0101. The first-order chi connectivity index (χ1) is 12.8. The van der Waals surface area contributed by atoms with Gasteiger partial charge in [-0.25, -0.2) is 4.99 Å². The minimum Gasteiger partial charge on any atom is -0.370 e. The van der Waals surface area contributed by atoms with Gasteiger partial charge in [0.05, 0.1) is 12.6 Å². The molecule has 0 radical (unpaired) electrons. The first-order valence-corrected chi connectivity index (χ1v) is 9.43. The average Bonchev–Trinajstić information content (AvgIpc) is 2.60. The number of anilines is 1. The van der Waals surface area contributed by atoms with Crippen LogP contribution in [-0.4, -0.2) is 11.9 Å². The zero-order valence-electron chi connectivity index (χ0n) is 15.6. The molecule has 5 nitrogen and oxygen atoms in total. The third-order valence-electron chi connectivity index (χ3n) is 3.97. The molecule has 1 amide bonds. The summed E-state index contributed by atoms with van der Waals surface area (Å²) >= 11 is 12.1. The van der Waals surface area contributed by atoms with Gasteiger partial charge in [-0.2, -0.15) is 0 Å². The van der Waals surface area contributed by atoms with Crippen molar-refractivity contribution in [2.75, 3.05) is 5.32 Å². The maximum Gasteiger partial charge on any atom is 0.226 e. The van der Waals surface area contributed by atoms with Crippen molar-refractivity contribution in [3.8, 4) is 0 Å². The Morgan fingerprint density at radius 2 is 1.78 bits per heavy atom. The molecule has 0 fully saturated rings. The number of halogens is 2. The van der Waals surface area contributed by atoms with Crippen LogP contribution in [0.2, 0.25) is 10.0 Å². The SMILES string of the molecule is CC(C)C(=O)Nc1ccc(CN=C(N)NC(C)c2ccc(Cl)cc2Cl)cc1. The quantitative estimate of drug-likeness (QED) is 0.478. The second-order valence-electron chi connectivity index (χ2n) is 6.57. The molecule has 0 spiro atoms. The topological polar surface area (TPSA) is 79.5 Å². The Kier molecular flexibility index (Phi) is 7.51. The zero-order valence-corrected chi connectivity index (χ0v) is 17.1. The molecule has 0 heterocycles. The smallest absolute Gasteiger partial charge is 0.226 e. The summed E-state index contributed by atoms with van der Waals surface area (Å²) in [4.78, 5) is 16.1. The molecule has 1 unspecified atom stereocenters. The molecule has 0 saturated heterocycles. The van der Waals surface area contributed by atoms with E-state index in [0.717, 1.165) is 16.8 Å². The molecule has 0 bridgehead atoms. The van der Waals surface area contributed by atoms with Gasteiger partial charge in [-0.05, 0) is 42.3 Å². The number of hydrogen-bond acceptors (Lipinski definition) is 2. The molecular weight excluding hydrogens is 383 g/mol. The van der Waals surface area contributed by atoms with Crippen LogP contribution in [0.4, 0.5) is 5.69 Å². The highest BCUT2D eigenvalue weighted by Crippen LogP contribution is 2.25. The number of nitrogens with two attached hydrogens (primary N) is 1. The van der Waals surface area contributed by atoms with Crippen LogP contribution in [0, 0.1) is 5.92 Å². The Morgan fingerprint density at radius 3 is 2.37 bits per heavy atom. The largest absolute Gasteiger partial charge is 0.370 e. The summed E-state index contributed by atoms with van der Waals surface area (Å²) in [5.41, 5.74) is 8.62. The van der Waals surface area contributed by atoms with Gasteiger partial charge in [0.2, 0.25) is 5.91 Å². The van der Waals surface area contributed by atoms with E-state index in [1.54, 1.807) is 12.1 Å². The van der Waals surface area contributed by atoms with E-state index in [1.165, 1.54) is 0 Å². The normalized spacial score (nSPS) is 12.7. The molecule has 0 aliphatic heterocycles. The first-order valence-electron chi connectivity index (χ1n) is 8.67. The van der Waals surface area contributed by atoms with Gasteiger partial charge < -0.3 is 16.4 Å². The molecule has 2 aromatic carbocycles. The first kappa shape index (κ1) is 21.1. The van der Waals surface area contributed by atoms with Gasteiger partial charge >= 0.3 is 0 Å². The fourth-order valence-electron chi connectivity index (χ4n) is 2.35. The number of amides is 1. The minimum atomic E-state index is -0.105. The van der Waals surface area contributed by atoms with Crippen LogP contribution in [0.25, 0.3) is 0 Å². The van der Waals surface area contributed by atoms with Crippen LogP contribution in [0.3, 0.4) is 0 Å². The fraction of sp³-hybridized carbons (Fsp3) is 0.300. The molecule has 1 atom stereocenters. The third kappa shape index (κ3) is 6.45. The van der Waals surface area contributed by atoms with Crippen molar-refractivity contribution in [3.63, 3.8) is 0 Å². The van der Waals surface area contributed by atoms with E-state index in [1.807, 2.05) is 51.1 Å². The van der Waals surface area contributed by atoms with Gasteiger partial charge in [-0.3, -0.25) is 4.79 Å². The molecule has 0 saturated carbocycles. The molecule has 144 valence electrons. The summed E-state index contributed by atoms with van der Waals surface area (Å²) < 4.78 is 0. The van der Waals surface area contributed by atoms with E-state index >= 15 is 0 Å². The van der Waals surface area contributed by atoms with Gasteiger partial charge in [-0.15, -0.1) is 0 Å². The Morgan fingerprint density at radius 1 is 1.11 bits per heavy atom. The Balaban J connectivity index is 1.93. The highest BCUT2D eigenvalue weighted by atomic mass is 35.5. The van der Waals surface area contributed by atoms with Crippen LogP contribution in [0.5, 0.6) is 0 Å². The van der Waals surface area contributed by atoms with Crippen molar-refractivity contribution < 1.29 is 4.79 Å². The number of nitrogens with zero attached hydrogens (tertiary/aromatic N) is 1. The number of nitrogens with one attached hydrogen (secondary N) is 2. The van der Waals surface area contributed by atoms with Crippen molar-refractivity contribution in [2.45, 2.75) is 33.4 Å². The van der Waals surface area contributed by atoms with Gasteiger partial charge in [0.15, 0.2) is 5.96 Å². The van der Waals surface area contributed by atoms with Gasteiger partial charge in [0, 0.05) is 21.7 Å². The Labute approximate surface area is 170 Å². The molecule has 0 aliphatic rings. The average molecular weight is 407 g/mol. The highest BCUT2D eigenvalue weighted by Gasteiger charge is 2.11. The number of carbonyl (C=O) groups is 1. The summed E-state index contributed by atoms with van der Waals surface area (Å²) in [5.74, 6) is 0.256. The summed E-state index contributed by atoms with van der Waals surface area (Å²) in [6.45, 7) is 6.08. The van der Waals surface area contributed by atoms with Gasteiger partial charge in [-0.1, -0.05) is 55.2 Å². The van der Waals surface area contributed by atoms with E-state index in [9.17, 15) is 4.79 Å². The lowest BCUT2D eigenvalue weighted by atomic mass is 10.1. The third-order valence-corrected chi connectivity index (χ3v) is 4.53. The Bertz CT molecular complexity index is 819. The zero-order chi connectivity index (χ0) is 20.0. The maximum absolute atomic E-state index is 11.7. The van der Waals surface area contributed by atoms with Crippen molar-refractivity contribution in [3.05, 3.63) is 63.6 Å². The Hall–Kier alpha value is -2.24. The number of carbonyl (C=O) groups excluding carboxylic acids is 1. The van der Waals surface area contributed by atoms with Crippen molar-refractivity contribution in [1.82, 2.24) is 5.32 Å². The fourth-order valence-corrected chi connectivity index (χ4v) is 2.93. The van der Waals surface area contributed by atoms with Crippen LogP contribution in [0.15, 0.2) is 47.5 Å². The molecular formula is C20H24Cl2N4O. The monoisotopic (exact) mass is 406 g/mol. The lowest BCUT2D eigenvalue weighted by Gasteiger charge is -2.16. The molecule has 0 aliphatic carbocycles. The van der Waals surface area contributed by atoms with E-state index in [-0.39, 0.29) is 17.9 Å². The van der Waals surface area contributed by atoms with Crippen LogP contribution in [-0.2, 0) is 11.3 Å². The number of rotatable bonds is 6. The second-order valence-corrected chi connectivity index (χ2v) is 7.42.